The number of nitrogens with zero attached hydrogens (tertiary/aromatic N) is 1. The zero-order valence-corrected chi connectivity index (χ0v) is 11.0. The number of piperazine rings is 1. The molecule has 1 fully saturated rings. The second-order valence-corrected chi connectivity index (χ2v) is 4.85. The van der Waals surface area contributed by atoms with Gasteiger partial charge in [-0.25, -0.2) is 0 Å². The summed E-state index contributed by atoms with van der Waals surface area (Å²) in [5.74, 6) is 0.0975. The van der Waals surface area contributed by atoms with Crippen LogP contribution in [0.3, 0.4) is 0 Å². The van der Waals surface area contributed by atoms with Gasteiger partial charge in [0.1, 0.15) is 0 Å². The number of amides is 1. The summed E-state index contributed by atoms with van der Waals surface area (Å²) in [5.41, 5.74) is 1.06. The van der Waals surface area contributed by atoms with Crippen LogP contribution in [-0.4, -0.2) is 36.0 Å². The topological polar surface area (TPSA) is 32.3 Å². The SMILES string of the molecule is CC1CNCC(C)N1C(=O)C=Cc1ccccc1. The van der Waals surface area contributed by atoms with Gasteiger partial charge in [0.05, 0.1) is 0 Å². The summed E-state index contributed by atoms with van der Waals surface area (Å²) in [5, 5.41) is 3.32. The first kappa shape index (κ1) is 12.8. The van der Waals surface area contributed by atoms with E-state index in [1.54, 1.807) is 6.08 Å². The molecule has 2 rings (SSSR count). The third-order valence-electron chi connectivity index (χ3n) is 3.30. The molecule has 0 aromatic heterocycles. The van der Waals surface area contributed by atoms with Crippen LogP contribution in [0, 0.1) is 0 Å². The summed E-state index contributed by atoms with van der Waals surface area (Å²) in [4.78, 5) is 14.2. The highest BCUT2D eigenvalue weighted by atomic mass is 16.2. The average molecular weight is 244 g/mol. The molecule has 2 atom stereocenters. The van der Waals surface area contributed by atoms with Crippen molar-refractivity contribution in [2.75, 3.05) is 13.1 Å². The Morgan fingerprint density at radius 2 is 1.83 bits per heavy atom. The van der Waals surface area contributed by atoms with E-state index in [1.165, 1.54) is 0 Å². The third kappa shape index (κ3) is 2.99. The summed E-state index contributed by atoms with van der Waals surface area (Å²) < 4.78 is 0. The van der Waals surface area contributed by atoms with Gasteiger partial charge >= 0.3 is 0 Å². The lowest BCUT2D eigenvalue weighted by Gasteiger charge is -2.38. The van der Waals surface area contributed by atoms with Crippen molar-refractivity contribution >= 4 is 12.0 Å². The minimum atomic E-state index is 0.0975. The van der Waals surface area contributed by atoms with Crippen molar-refractivity contribution in [3.8, 4) is 0 Å². The normalized spacial score (nSPS) is 24.4. The number of carbonyl (C=O) groups is 1. The molecule has 1 aliphatic rings. The maximum absolute atomic E-state index is 12.2. The molecule has 18 heavy (non-hydrogen) atoms. The fourth-order valence-electron chi connectivity index (χ4n) is 2.38. The van der Waals surface area contributed by atoms with Gasteiger partial charge in [0.25, 0.3) is 0 Å². The molecule has 0 bridgehead atoms. The largest absolute Gasteiger partial charge is 0.331 e. The van der Waals surface area contributed by atoms with Crippen molar-refractivity contribution in [1.82, 2.24) is 10.2 Å². The molecule has 0 aliphatic carbocycles. The van der Waals surface area contributed by atoms with Crippen molar-refractivity contribution in [2.45, 2.75) is 25.9 Å². The third-order valence-corrected chi connectivity index (χ3v) is 3.30. The van der Waals surface area contributed by atoms with Gasteiger partial charge in [-0.3, -0.25) is 4.79 Å². The smallest absolute Gasteiger partial charge is 0.247 e. The molecule has 3 heteroatoms. The molecule has 96 valence electrons. The Balaban J connectivity index is 2.05. The van der Waals surface area contributed by atoms with Crippen molar-refractivity contribution < 1.29 is 4.79 Å². The predicted molar refractivity (Wildman–Crippen MR) is 74.1 cm³/mol. The number of benzene rings is 1. The molecule has 1 aromatic carbocycles. The quantitative estimate of drug-likeness (QED) is 0.806. The first-order chi connectivity index (χ1) is 8.68. The lowest BCUT2D eigenvalue weighted by Crippen LogP contribution is -2.56. The maximum Gasteiger partial charge on any atom is 0.247 e. The van der Waals surface area contributed by atoms with Gasteiger partial charge < -0.3 is 10.2 Å². The first-order valence-electron chi connectivity index (χ1n) is 6.44. The Hall–Kier alpha value is -1.61. The summed E-state index contributed by atoms with van der Waals surface area (Å²) in [6.07, 6.45) is 3.55. The minimum Gasteiger partial charge on any atom is -0.331 e. The second kappa shape index (κ2) is 5.83. The lowest BCUT2D eigenvalue weighted by atomic mass is 10.1. The van der Waals surface area contributed by atoms with Crippen molar-refractivity contribution in [3.05, 3.63) is 42.0 Å². The van der Waals surface area contributed by atoms with E-state index in [-0.39, 0.29) is 18.0 Å². The number of hydrogen-bond acceptors (Lipinski definition) is 2. The lowest BCUT2D eigenvalue weighted by molar-refractivity contribution is -0.131. The Labute approximate surface area is 108 Å². The number of hydrogen-bond donors (Lipinski definition) is 1. The van der Waals surface area contributed by atoms with E-state index >= 15 is 0 Å². The van der Waals surface area contributed by atoms with E-state index in [2.05, 4.69) is 19.2 Å². The van der Waals surface area contributed by atoms with Gasteiger partial charge in [-0.15, -0.1) is 0 Å². The van der Waals surface area contributed by atoms with Crippen molar-refractivity contribution in [1.29, 1.82) is 0 Å². The van der Waals surface area contributed by atoms with E-state index < -0.39 is 0 Å². The monoisotopic (exact) mass is 244 g/mol. The van der Waals surface area contributed by atoms with Crippen LogP contribution in [0.25, 0.3) is 6.08 Å². The highest BCUT2D eigenvalue weighted by Gasteiger charge is 2.27. The summed E-state index contributed by atoms with van der Waals surface area (Å²) in [6.45, 7) is 5.90. The standard InChI is InChI=1S/C15H20N2O/c1-12-10-16-11-13(2)17(12)15(18)9-8-14-6-4-3-5-7-14/h3-9,12-13,16H,10-11H2,1-2H3. The molecule has 3 nitrogen and oxygen atoms in total. The van der Waals surface area contributed by atoms with E-state index in [0.29, 0.717) is 0 Å². The Bertz CT molecular complexity index is 417. The molecular weight excluding hydrogens is 224 g/mol. The van der Waals surface area contributed by atoms with Gasteiger partial charge in [0.2, 0.25) is 5.91 Å². The Morgan fingerprint density at radius 3 is 2.44 bits per heavy atom. The summed E-state index contributed by atoms with van der Waals surface area (Å²) >= 11 is 0. The van der Waals surface area contributed by atoms with Crippen LogP contribution in [0.2, 0.25) is 0 Å². The molecule has 2 unspecified atom stereocenters. The Kier molecular flexibility index (Phi) is 4.15. The molecule has 0 saturated carbocycles. The molecule has 0 radical (unpaired) electrons. The van der Waals surface area contributed by atoms with Gasteiger partial charge in [-0.1, -0.05) is 30.3 Å². The van der Waals surface area contributed by atoms with Crippen molar-refractivity contribution in [3.63, 3.8) is 0 Å². The van der Waals surface area contributed by atoms with Gasteiger partial charge in [-0.05, 0) is 25.5 Å². The van der Waals surface area contributed by atoms with Crippen LogP contribution in [0.5, 0.6) is 0 Å². The van der Waals surface area contributed by atoms with Gasteiger partial charge in [0.15, 0.2) is 0 Å². The fourth-order valence-corrected chi connectivity index (χ4v) is 2.38. The molecule has 1 amide bonds. The van der Waals surface area contributed by atoms with Gasteiger partial charge in [0, 0.05) is 31.2 Å². The molecule has 0 spiro atoms. The van der Waals surface area contributed by atoms with Crippen LogP contribution < -0.4 is 5.32 Å². The number of rotatable bonds is 2. The first-order valence-corrected chi connectivity index (χ1v) is 6.44. The molecular formula is C15H20N2O. The van der Waals surface area contributed by atoms with E-state index in [9.17, 15) is 4.79 Å². The molecule has 1 saturated heterocycles. The average Bonchev–Trinajstić information content (AvgIpc) is 2.37. The molecule has 1 aromatic rings. The number of carbonyl (C=O) groups excluding carboxylic acids is 1. The predicted octanol–water partition coefficient (Wildman–Crippen LogP) is 1.91. The minimum absolute atomic E-state index is 0.0975. The fraction of sp³-hybridized carbons (Fsp3) is 0.400. The van der Waals surface area contributed by atoms with Crippen LogP contribution >= 0.6 is 0 Å². The molecule has 1 heterocycles. The van der Waals surface area contributed by atoms with E-state index in [0.717, 1.165) is 18.7 Å². The number of nitrogens with one attached hydrogen (secondary N) is 1. The van der Waals surface area contributed by atoms with Crippen molar-refractivity contribution in [2.24, 2.45) is 0 Å². The zero-order valence-electron chi connectivity index (χ0n) is 11.0. The van der Waals surface area contributed by atoms with Crippen LogP contribution in [0.15, 0.2) is 36.4 Å². The summed E-state index contributed by atoms with van der Waals surface area (Å²) in [6, 6.07) is 10.4. The van der Waals surface area contributed by atoms with E-state index in [1.807, 2.05) is 41.3 Å². The van der Waals surface area contributed by atoms with Crippen LogP contribution in [-0.2, 0) is 4.79 Å². The van der Waals surface area contributed by atoms with Crippen LogP contribution in [0.4, 0.5) is 0 Å². The highest BCUT2D eigenvalue weighted by Crippen LogP contribution is 2.11. The van der Waals surface area contributed by atoms with Gasteiger partial charge in [-0.2, -0.15) is 0 Å². The van der Waals surface area contributed by atoms with Crippen LogP contribution in [0.1, 0.15) is 19.4 Å². The summed E-state index contributed by atoms with van der Waals surface area (Å²) in [7, 11) is 0. The maximum atomic E-state index is 12.2. The highest BCUT2D eigenvalue weighted by molar-refractivity contribution is 5.92. The van der Waals surface area contributed by atoms with E-state index in [4.69, 9.17) is 0 Å². The zero-order chi connectivity index (χ0) is 13.0. The second-order valence-electron chi connectivity index (χ2n) is 4.85. The molecule has 1 aliphatic heterocycles. The Morgan fingerprint density at radius 1 is 1.22 bits per heavy atom. The molecule has 1 N–H and O–H groups in total.